The number of hydrogen-bond donors (Lipinski definition) is 2. The molecule has 0 aromatic heterocycles. The second-order valence-corrected chi connectivity index (χ2v) is 5.86. The van der Waals surface area contributed by atoms with Crippen LogP contribution >= 0.6 is 0 Å². The molecule has 0 saturated heterocycles. The lowest BCUT2D eigenvalue weighted by atomic mass is 10.1. The lowest BCUT2D eigenvalue weighted by molar-refractivity contribution is -0.139. The van der Waals surface area contributed by atoms with Crippen LogP contribution in [0.1, 0.15) is 33.1 Å². The van der Waals surface area contributed by atoms with Gasteiger partial charge in [-0.3, -0.25) is 9.69 Å². The number of carboxylic acid groups (broad SMARTS) is 1. The zero-order valence-electron chi connectivity index (χ0n) is 12.7. The van der Waals surface area contributed by atoms with Crippen LogP contribution in [0.25, 0.3) is 0 Å². The molecular formula is C14H29N3O2. The molecule has 2 atom stereocenters. The molecule has 0 radical (unpaired) electrons. The summed E-state index contributed by atoms with van der Waals surface area (Å²) in [4.78, 5) is 15.7. The Bertz CT molecular complexity index is 280. The van der Waals surface area contributed by atoms with Gasteiger partial charge in [0.15, 0.2) is 0 Å². The predicted molar refractivity (Wildman–Crippen MR) is 77.5 cm³/mol. The fraction of sp³-hybridized carbons (Fsp3) is 0.929. The number of aliphatic carboxylic acids is 1. The summed E-state index contributed by atoms with van der Waals surface area (Å²) >= 11 is 0. The van der Waals surface area contributed by atoms with Gasteiger partial charge in [0.05, 0.1) is 0 Å². The van der Waals surface area contributed by atoms with E-state index < -0.39 is 12.0 Å². The molecule has 19 heavy (non-hydrogen) atoms. The van der Waals surface area contributed by atoms with Gasteiger partial charge in [0.1, 0.15) is 6.04 Å². The van der Waals surface area contributed by atoms with Crippen molar-refractivity contribution in [1.29, 1.82) is 0 Å². The molecule has 1 aliphatic carbocycles. The van der Waals surface area contributed by atoms with Crippen molar-refractivity contribution in [3.05, 3.63) is 0 Å². The van der Waals surface area contributed by atoms with E-state index in [4.69, 9.17) is 0 Å². The second kappa shape index (κ2) is 7.82. The van der Waals surface area contributed by atoms with E-state index in [0.29, 0.717) is 18.5 Å². The van der Waals surface area contributed by atoms with Gasteiger partial charge in [-0.25, -0.2) is 0 Å². The number of nitrogens with zero attached hydrogens (tertiary/aromatic N) is 2. The van der Waals surface area contributed by atoms with E-state index >= 15 is 0 Å². The molecule has 5 nitrogen and oxygen atoms in total. The zero-order valence-corrected chi connectivity index (χ0v) is 12.7. The van der Waals surface area contributed by atoms with E-state index in [1.54, 1.807) is 0 Å². The molecule has 1 saturated carbocycles. The summed E-state index contributed by atoms with van der Waals surface area (Å²) in [6.45, 7) is 7.14. The van der Waals surface area contributed by atoms with Gasteiger partial charge in [0, 0.05) is 25.2 Å². The smallest absolute Gasteiger partial charge is 0.320 e. The molecular weight excluding hydrogens is 242 g/mol. The Kier molecular flexibility index (Phi) is 6.75. The molecule has 0 bridgehead atoms. The normalized spacial score (nSPS) is 18.8. The highest BCUT2D eigenvalue weighted by Crippen LogP contribution is 2.20. The third-order valence-electron chi connectivity index (χ3n) is 3.68. The fourth-order valence-corrected chi connectivity index (χ4v) is 2.44. The highest BCUT2D eigenvalue weighted by Gasteiger charge is 2.28. The van der Waals surface area contributed by atoms with Crippen molar-refractivity contribution in [3.8, 4) is 0 Å². The van der Waals surface area contributed by atoms with Crippen LogP contribution in [0.5, 0.6) is 0 Å². The third kappa shape index (κ3) is 6.36. The van der Waals surface area contributed by atoms with Gasteiger partial charge in [-0.1, -0.05) is 6.92 Å². The molecule has 0 aliphatic heterocycles. The monoisotopic (exact) mass is 271 g/mol. The maximum absolute atomic E-state index is 11.2. The maximum atomic E-state index is 11.2. The van der Waals surface area contributed by atoms with E-state index in [2.05, 4.69) is 43.1 Å². The number of hydrogen-bond acceptors (Lipinski definition) is 4. The highest BCUT2D eigenvalue weighted by atomic mass is 16.4. The van der Waals surface area contributed by atoms with Crippen molar-refractivity contribution in [2.75, 3.05) is 33.7 Å². The van der Waals surface area contributed by atoms with Crippen molar-refractivity contribution >= 4 is 5.97 Å². The summed E-state index contributed by atoms with van der Waals surface area (Å²) in [5, 5.41) is 12.4. The van der Waals surface area contributed by atoms with Gasteiger partial charge in [0.2, 0.25) is 0 Å². The van der Waals surface area contributed by atoms with Crippen LogP contribution in [0.3, 0.4) is 0 Å². The lowest BCUT2D eigenvalue weighted by Crippen LogP contribution is -2.45. The highest BCUT2D eigenvalue weighted by molar-refractivity contribution is 5.73. The van der Waals surface area contributed by atoms with Crippen LogP contribution in [0.4, 0.5) is 0 Å². The standard InChI is InChI=1S/C14H29N3O2/c1-5-17(11(2)10-16(3)4)9-8-13(14(18)19)15-12-6-7-12/h11-13,15H,5-10H2,1-4H3,(H,18,19). The van der Waals surface area contributed by atoms with E-state index in [0.717, 1.165) is 32.5 Å². The van der Waals surface area contributed by atoms with Crippen LogP contribution < -0.4 is 5.32 Å². The number of carboxylic acids is 1. The molecule has 5 heteroatoms. The molecule has 112 valence electrons. The Hall–Kier alpha value is -0.650. The molecule has 1 aliphatic rings. The van der Waals surface area contributed by atoms with Crippen LogP contribution in [-0.2, 0) is 4.79 Å². The first-order valence-corrected chi connectivity index (χ1v) is 7.31. The first-order valence-electron chi connectivity index (χ1n) is 7.31. The van der Waals surface area contributed by atoms with Crippen molar-refractivity contribution in [2.24, 2.45) is 0 Å². The molecule has 0 aromatic rings. The van der Waals surface area contributed by atoms with Crippen LogP contribution in [0, 0.1) is 0 Å². The Labute approximate surface area is 117 Å². The summed E-state index contributed by atoms with van der Waals surface area (Å²) in [6, 6.07) is 0.499. The summed E-state index contributed by atoms with van der Waals surface area (Å²) < 4.78 is 0. The first-order chi connectivity index (χ1) is 8.93. The molecule has 2 unspecified atom stereocenters. The summed E-state index contributed by atoms with van der Waals surface area (Å²) in [5.41, 5.74) is 0. The number of likely N-dealkylation sites (N-methyl/N-ethyl adjacent to an activating group) is 2. The molecule has 0 aromatic carbocycles. The third-order valence-corrected chi connectivity index (χ3v) is 3.68. The Morgan fingerprint density at radius 1 is 1.42 bits per heavy atom. The van der Waals surface area contributed by atoms with E-state index in [9.17, 15) is 9.90 Å². The summed E-state index contributed by atoms with van der Waals surface area (Å²) in [7, 11) is 4.14. The maximum Gasteiger partial charge on any atom is 0.320 e. The average Bonchev–Trinajstić information content (AvgIpc) is 3.10. The lowest BCUT2D eigenvalue weighted by Gasteiger charge is -2.30. The Balaban J connectivity index is 2.38. The Morgan fingerprint density at radius 2 is 2.05 bits per heavy atom. The van der Waals surface area contributed by atoms with E-state index in [1.807, 2.05) is 0 Å². The van der Waals surface area contributed by atoms with E-state index in [1.165, 1.54) is 0 Å². The largest absolute Gasteiger partial charge is 0.480 e. The van der Waals surface area contributed by atoms with Gasteiger partial charge in [0.25, 0.3) is 0 Å². The summed E-state index contributed by atoms with van der Waals surface area (Å²) in [5.74, 6) is -0.719. The van der Waals surface area contributed by atoms with Crippen molar-refractivity contribution in [1.82, 2.24) is 15.1 Å². The number of carbonyl (C=O) groups is 1. The second-order valence-electron chi connectivity index (χ2n) is 5.86. The predicted octanol–water partition coefficient (Wildman–Crippen LogP) is 0.854. The SMILES string of the molecule is CCN(CCC(NC1CC1)C(=O)O)C(C)CN(C)C. The molecule has 0 heterocycles. The van der Waals surface area contributed by atoms with Gasteiger partial charge < -0.3 is 15.3 Å². The van der Waals surface area contributed by atoms with Crippen molar-refractivity contribution in [3.63, 3.8) is 0 Å². The Morgan fingerprint density at radius 3 is 2.47 bits per heavy atom. The quantitative estimate of drug-likeness (QED) is 0.617. The van der Waals surface area contributed by atoms with Gasteiger partial charge in [-0.05, 0) is 46.8 Å². The van der Waals surface area contributed by atoms with Gasteiger partial charge >= 0.3 is 5.97 Å². The minimum absolute atomic E-state index is 0.395. The minimum Gasteiger partial charge on any atom is -0.480 e. The van der Waals surface area contributed by atoms with Crippen LogP contribution in [-0.4, -0.2) is 72.7 Å². The average molecular weight is 271 g/mol. The zero-order chi connectivity index (χ0) is 14.4. The topological polar surface area (TPSA) is 55.8 Å². The van der Waals surface area contributed by atoms with Crippen LogP contribution in [0.15, 0.2) is 0 Å². The molecule has 0 spiro atoms. The minimum atomic E-state index is -0.719. The number of nitrogens with one attached hydrogen (secondary N) is 1. The molecule has 1 fully saturated rings. The van der Waals surface area contributed by atoms with Crippen molar-refractivity contribution in [2.45, 2.75) is 51.2 Å². The first kappa shape index (κ1) is 16.4. The molecule has 0 amide bonds. The fourth-order valence-electron chi connectivity index (χ4n) is 2.44. The van der Waals surface area contributed by atoms with Gasteiger partial charge in [-0.15, -0.1) is 0 Å². The molecule has 2 N–H and O–H groups in total. The van der Waals surface area contributed by atoms with E-state index in [-0.39, 0.29) is 0 Å². The van der Waals surface area contributed by atoms with Crippen molar-refractivity contribution < 1.29 is 9.90 Å². The van der Waals surface area contributed by atoms with Gasteiger partial charge in [-0.2, -0.15) is 0 Å². The molecule has 1 rings (SSSR count). The number of rotatable bonds is 10. The summed E-state index contributed by atoms with van der Waals surface area (Å²) in [6.07, 6.45) is 2.92. The van der Waals surface area contributed by atoms with Crippen LogP contribution in [0.2, 0.25) is 0 Å².